The number of nitrogens with zero attached hydrogens (tertiary/aromatic N) is 5. The van der Waals surface area contributed by atoms with E-state index in [1.165, 1.54) is 23.3 Å². The second-order valence-corrected chi connectivity index (χ2v) is 9.34. The Morgan fingerprint density at radius 3 is 2.68 bits per heavy atom. The third-order valence-corrected chi connectivity index (χ3v) is 5.75. The molecule has 0 saturated carbocycles. The predicted octanol–water partition coefficient (Wildman–Crippen LogP) is 1.01. The summed E-state index contributed by atoms with van der Waals surface area (Å²) in [5.74, 6) is -0.536. The average Bonchev–Trinajstić information content (AvgIpc) is 3.32. The zero-order chi connectivity index (χ0) is 20.6. The van der Waals surface area contributed by atoms with Gasteiger partial charge in [-0.15, -0.1) is 16.4 Å². The summed E-state index contributed by atoms with van der Waals surface area (Å²) in [5, 5.41) is 22.0. The Labute approximate surface area is 167 Å². The van der Waals surface area contributed by atoms with Crippen molar-refractivity contribution in [3.8, 4) is 10.6 Å². The Morgan fingerprint density at radius 1 is 1.39 bits per heavy atom. The van der Waals surface area contributed by atoms with Gasteiger partial charge in [-0.2, -0.15) is 0 Å². The number of aliphatic hydroxyl groups excluding tert-OH is 1. The van der Waals surface area contributed by atoms with Crippen molar-refractivity contribution in [2.24, 2.45) is 5.41 Å². The third kappa shape index (κ3) is 3.93. The molecule has 152 valence electrons. The molecule has 28 heavy (non-hydrogen) atoms. The Kier molecular flexibility index (Phi) is 5.53. The number of β-amino-alcohol motifs (C(OH)–C–C–N with tert-alkyl or cyclic N) is 1. The fourth-order valence-corrected chi connectivity index (χ4v) is 4.23. The minimum absolute atomic E-state index is 0.124. The van der Waals surface area contributed by atoms with Crippen LogP contribution in [0.1, 0.15) is 38.2 Å². The first-order valence-electron chi connectivity index (χ1n) is 9.16. The van der Waals surface area contributed by atoms with Crippen LogP contribution in [-0.4, -0.2) is 67.5 Å². The molecule has 0 aromatic carbocycles. The highest BCUT2D eigenvalue weighted by atomic mass is 32.1. The van der Waals surface area contributed by atoms with Crippen LogP contribution in [-0.2, 0) is 9.59 Å². The summed E-state index contributed by atoms with van der Waals surface area (Å²) in [6.07, 6.45) is 2.98. The van der Waals surface area contributed by atoms with Gasteiger partial charge in [0, 0.05) is 26.2 Å². The van der Waals surface area contributed by atoms with E-state index in [1.54, 1.807) is 17.1 Å². The summed E-state index contributed by atoms with van der Waals surface area (Å²) < 4.78 is 1.55. The number of hydrogen-bond donors (Lipinski definition) is 2. The lowest BCUT2D eigenvalue weighted by Crippen LogP contribution is -2.49. The van der Waals surface area contributed by atoms with Crippen LogP contribution in [0.3, 0.4) is 0 Å². The van der Waals surface area contributed by atoms with E-state index in [0.29, 0.717) is 5.69 Å². The van der Waals surface area contributed by atoms with Crippen LogP contribution in [0.25, 0.3) is 10.6 Å². The van der Waals surface area contributed by atoms with E-state index in [2.05, 4.69) is 20.6 Å². The summed E-state index contributed by atoms with van der Waals surface area (Å²) in [5.41, 5.74) is 0.170. The average molecular weight is 407 g/mol. The van der Waals surface area contributed by atoms with Crippen LogP contribution < -0.4 is 5.32 Å². The molecule has 0 aliphatic carbocycles. The number of likely N-dealkylation sites (tertiary alicyclic amines) is 1. The lowest BCUT2D eigenvalue weighted by molar-refractivity contribution is -0.144. The second-order valence-electron chi connectivity index (χ2n) is 8.11. The lowest BCUT2D eigenvalue weighted by Gasteiger charge is -2.34. The van der Waals surface area contributed by atoms with Crippen LogP contribution in [0.15, 0.2) is 12.4 Å². The zero-order valence-corrected chi connectivity index (χ0v) is 17.5. The first-order valence-corrected chi connectivity index (χ1v) is 9.98. The van der Waals surface area contributed by atoms with Crippen LogP contribution in [0.4, 0.5) is 0 Å². The smallest absolute Gasteiger partial charge is 0.248 e. The van der Waals surface area contributed by atoms with Crippen molar-refractivity contribution in [3.63, 3.8) is 0 Å². The molecule has 3 heterocycles. The Morgan fingerprint density at radius 2 is 2.11 bits per heavy atom. The van der Waals surface area contributed by atoms with Gasteiger partial charge in [-0.25, -0.2) is 9.67 Å². The van der Waals surface area contributed by atoms with E-state index in [0.717, 1.165) is 9.88 Å². The fraction of sp³-hybridized carbons (Fsp3) is 0.611. The van der Waals surface area contributed by atoms with Crippen LogP contribution in [0.5, 0.6) is 0 Å². The van der Waals surface area contributed by atoms with Crippen molar-refractivity contribution in [2.75, 3.05) is 13.6 Å². The first kappa shape index (κ1) is 20.4. The number of hydrogen-bond acceptors (Lipinski definition) is 7. The third-order valence-electron chi connectivity index (χ3n) is 4.81. The molecule has 2 aromatic rings. The predicted molar refractivity (Wildman–Crippen MR) is 105 cm³/mol. The van der Waals surface area contributed by atoms with Crippen molar-refractivity contribution in [1.29, 1.82) is 0 Å². The number of thiazole rings is 1. The summed E-state index contributed by atoms with van der Waals surface area (Å²) in [6, 6.07) is -1.36. The minimum atomic E-state index is -0.724. The molecule has 0 bridgehead atoms. The molecule has 1 fully saturated rings. The summed E-state index contributed by atoms with van der Waals surface area (Å²) >= 11 is 1.51. The molecule has 0 unspecified atom stereocenters. The van der Waals surface area contributed by atoms with Crippen molar-refractivity contribution >= 4 is 23.2 Å². The molecule has 2 aromatic heterocycles. The molecule has 2 amide bonds. The SMILES string of the molecule is CNC(=O)[C@@H]1C[C@@H](O)CN1C(=O)[C@@H](n1cc(-c2cnc(C)s2)nn1)C(C)(C)C. The largest absolute Gasteiger partial charge is 0.391 e. The number of carbonyl (C=O) groups is 2. The number of nitrogens with one attached hydrogen (secondary N) is 1. The fourth-order valence-electron chi connectivity index (χ4n) is 3.51. The van der Waals surface area contributed by atoms with Crippen LogP contribution in [0.2, 0.25) is 0 Å². The Bertz CT molecular complexity index is 871. The molecule has 9 nitrogen and oxygen atoms in total. The lowest BCUT2D eigenvalue weighted by atomic mass is 9.85. The quantitative estimate of drug-likeness (QED) is 0.783. The highest BCUT2D eigenvalue weighted by Crippen LogP contribution is 2.35. The molecule has 10 heteroatoms. The monoisotopic (exact) mass is 406 g/mol. The summed E-state index contributed by atoms with van der Waals surface area (Å²) in [7, 11) is 1.53. The zero-order valence-electron chi connectivity index (χ0n) is 16.7. The molecule has 3 atom stereocenters. The topological polar surface area (TPSA) is 113 Å². The van der Waals surface area contributed by atoms with E-state index in [1.807, 2.05) is 27.7 Å². The van der Waals surface area contributed by atoms with Crippen molar-refractivity contribution < 1.29 is 14.7 Å². The van der Waals surface area contributed by atoms with Gasteiger partial charge in [0.05, 0.1) is 22.2 Å². The molecule has 1 aliphatic rings. The summed E-state index contributed by atoms with van der Waals surface area (Å²) in [4.78, 5) is 32.2. The van der Waals surface area contributed by atoms with E-state index in [4.69, 9.17) is 0 Å². The van der Waals surface area contributed by atoms with E-state index in [-0.39, 0.29) is 24.8 Å². The van der Waals surface area contributed by atoms with Gasteiger partial charge in [0.2, 0.25) is 11.8 Å². The van der Waals surface area contributed by atoms with Gasteiger partial charge in [-0.1, -0.05) is 26.0 Å². The standard InChI is InChI=1S/C18H26N6O3S/c1-10-20-7-14(28-10)12-9-24(22-21-12)15(18(2,3)4)17(27)23-8-11(25)6-13(23)16(26)19-5/h7,9,11,13,15,25H,6,8H2,1-5H3,(H,19,26)/t11-,13+,15-/m1/s1. The molecule has 3 rings (SSSR count). The maximum absolute atomic E-state index is 13.5. The van der Waals surface area contributed by atoms with Gasteiger partial charge < -0.3 is 15.3 Å². The molecule has 0 radical (unpaired) electrons. The Balaban J connectivity index is 1.94. The van der Waals surface area contributed by atoms with Gasteiger partial charge >= 0.3 is 0 Å². The maximum atomic E-state index is 13.5. The molecule has 1 saturated heterocycles. The molecular formula is C18H26N6O3S. The first-order chi connectivity index (χ1) is 13.1. The van der Waals surface area contributed by atoms with Crippen LogP contribution in [0, 0.1) is 12.3 Å². The number of aromatic nitrogens is 4. The van der Waals surface area contributed by atoms with E-state index >= 15 is 0 Å². The van der Waals surface area contributed by atoms with Crippen molar-refractivity contribution in [2.45, 2.75) is 52.3 Å². The van der Waals surface area contributed by atoms with Crippen molar-refractivity contribution in [1.82, 2.24) is 30.2 Å². The van der Waals surface area contributed by atoms with Crippen LogP contribution >= 0.6 is 11.3 Å². The van der Waals surface area contributed by atoms with E-state index < -0.39 is 23.6 Å². The van der Waals surface area contributed by atoms with E-state index in [9.17, 15) is 14.7 Å². The highest BCUT2D eigenvalue weighted by molar-refractivity contribution is 7.15. The van der Waals surface area contributed by atoms with Gasteiger partial charge in [0.1, 0.15) is 17.8 Å². The number of carbonyl (C=O) groups excluding carboxylic acids is 2. The van der Waals surface area contributed by atoms with Gasteiger partial charge in [-0.3, -0.25) is 9.59 Å². The minimum Gasteiger partial charge on any atom is -0.391 e. The molecule has 2 N–H and O–H groups in total. The number of aliphatic hydroxyl groups is 1. The molecular weight excluding hydrogens is 380 g/mol. The number of rotatable bonds is 4. The number of aryl methyl sites for hydroxylation is 1. The molecule has 0 spiro atoms. The molecule has 1 aliphatic heterocycles. The van der Waals surface area contributed by atoms with Gasteiger partial charge in [-0.05, 0) is 12.3 Å². The number of likely N-dealkylation sites (N-methyl/N-ethyl adjacent to an activating group) is 1. The van der Waals surface area contributed by atoms with Gasteiger partial charge in [0.25, 0.3) is 0 Å². The summed E-state index contributed by atoms with van der Waals surface area (Å²) in [6.45, 7) is 7.86. The highest BCUT2D eigenvalue weighted by Gasteiger charge is 2.45. The van der Waals surface area contributed by atoms with Crippen molar-refractivity contribution in [3.05, 3.63) is 17.4 Å². The Hall–Kier alpha value is -2.33. The number of amides is 2. The maximum Gasteiger partial charge on any atom is 0.248 e. The second kappa shape index (κ2) is 7.59. The van der Waals surface area contributed by atoms with Gasteiger partial charge in [0.15, 0.2) is 0 Å². The normalized spacial score (nSPS) is 21.0.